The Morgan fingerprint density at radius 3 is 2.86 bits per heavy atom. The zero-order valence-electron chi connectivity index (χ0n) is 8.93. The average molecular weight is 187 g/mol. The van der Waals surface area contributed by atoms with E-state index >= 15 is 0 Å². The smallest absolute Gasteiger partial charge is 0.0462 e. The predicted octanol–water partition coefficient (Wildman–Crippen LogP) is 3.79. The highest BCUT2D eigenvalue weighted by atomic mass is 14.7. The van der Waals surface area contributed by atoms with E-state index in [2.05, 4.69) is 43.1 Å². The lowest BCUT2D eigenvalue weighted by Gasteiger charge is -1.93. The maximum Gasteiger partial charge on any atom is 0.0462 e. The van der Waals surface area contributed by atoms with E-state index in [1.54, 1.807) is 0 Å². The first-order valence-electron chi connectivity index (χ1n) is 5.45. The molecule has 1 aliphatic carbocycles. The van der Waals surface area contributed by atoms with Crippen LogP contribution in [0.25, 0.3) is 11.6 Å². The Labute approximate surface area is 85.5 Å². The van der Waals surface area contributed by atoms with Crippen molar-refractivity contribution in [1.29, 1.82) is 0 Å². The monoisotopic (exact) mass is 187 g/mol. The molecule has 0 aromatic carbocycles. The molecule has 0 bridgehead atoms. The number of hydrogen-bond acceptors (Lipinski definition) is 0. The number of hydrogen-bond donors (Lipinski definition) is 1. The van der Waals surface area contributed by atoms with Gasteiger partial charge in [0.25, 0.3) is 0 Å². The van der Waals surface area contributed by atoms with Crippen LogP contribution >= 0.6 is 0 Å². The van der Waals surface area contributed by atoms with E-state index in [1.807, 2.05) is 0 Å². The number of aromatic amines is 1. The van der Waals surface area contributed by atoms with E-state index < -0.39 is 0 Å². The summed E-state index contributed by atoms with van der Waals surface area (Å²) in [6, 6.07) is 2.29. The van der Waals surface area contributed by atoms with E-state index in [-0.39, 0.29) is 0 Å². The van der Waals surface area contributed by atoms with Gasteiger partial charge in [-0.25, -0.2) is 0 Å². The first-order valence-corrected chi connectivity index (χ1v) is 5.45. The van der Waals surface area contributed by atoms with Gasteiger partial charge in [-0.3, -0.25) is 0 Å². The van der Waals surface area contributed by atoms with Crippen LogP contribution in [0, 0.1) is 0 Å². The summed E-state index contributed by atoms with van der Waals surface area (Å²) in [5, 5.41) is 0. The zero-order valence-corrected chi connectivity index (χ0v) is 8.93. The predicted molar refractivity (Wildman–Crippen MR) is 62.1 cm³/mol. The van der Waals surface area contributed by atoms with Crippen LogP contribution in [-0.2, 0) is 6.42 Å². The third-order valence-electron chi connectivity index (χ3n) is 2.59. The van der Waals surface area contributed by atoms with Gasteiger partial charge in [-0.1, -0.05) is 32.4 Å². The Balaban J connectivity index is 2.31. The number of H-pyrrole nitrogens is 1. The molecular formula is C13H17N. The SMILES string of the molecule is CC/C=C1\C=Cc2[nH]c(CCC)cc21. The Hall–Kier alpha value is -1.24. The molecule has 0 radical (unpaired) electrons. The van der Waals surface area contributed by atoms with Crippen molar-refractivity contribution in [3.63, 3.8) is 0 Å². The Morgan fingerprint density at radius 2 is 2.14 bits per heavy atom. The fraction of sp³-hybridized carbons (Fsp3) is 0.385. The highest BCUT2D eigenvalue weighted by Gasteiger charge is 2.12. The summed E-state index contributed by atoms with van der Waals surface area (Å²) in [7, 11) is 0. The lowest BCUT2D eigenvalue weighted by molar-refractivity contribution is 0.891. The molecule has 0 atom stereocenters. The fourth-order valence-corrected chi connectivity index (χ4v) is 1.96. The first-order chi connectivity index (χ1) is 6.85. The van der Waals surface area contributed by atoms with Crippen LogP contribution < -0.4 is 0 Å². The Bertz CT molecular complexity index is 380. The third kappa shape index (κ3) is 1.54. The molecule has 2 rings (SSSR count). The van der Waals surface area contributed by atoms with E-state index in [4.69, 9.17) is 0 Å². The fourth-order valence-electron chi connectivity index (χ4n) is 1.96. The quantitative estimate of drug-likeness (QED) is 0.741. The van der Waals surface area contributed by atoms with Crippen molar-refractivity contribution in [2.24, 2.45) is 0 Å². The number of aromatic nitrogens is 1. The number of aryl methyl sites for hydroxylation is 1. The Morgan fingerprint density at radius 1 is 1.29 bits per heavy atom. The third-order valence-corrected chi connectivity index (χ3v) is 2.59. The standard InChI is InChI=1S/C13H17N/c1-3-5-10-7-8-13-12(10)9-11(14-13)6-4-2/h5,7-9,14H,3-4,6H2,1-2H3/b10-5+. The highest BCUT2D eigenvalue weighted by molar-refractivity contribution is 5.89. The van der Waals surface area contributed by atoms with Crippen LogP contribution in [0.5, 0.6) is 0 Å². The number of nitrogens with one attached hydrogen (secondary N) is 1. The average Bonchev–Trinajstić information content (AvgIpc) is 2.69. The second kappa shape index (κ2) is 3.87. The van der Waals surface area contributed by atoms with Crippen LogP contribution in [0.2, 0.25) is 0 Å². The van der Waals surface area contributed by atoms with Gasteiger partial charge in [0.2, 0.25) is 0 Å². The van der Waals surface area contributed by atoms with Crippen LogP contribution in [0.4, 0.5) is 0 Å². The van der Waals surface area contributed by atoms with E-state index in [0.717, 1.165) is 12.8 Å². The van der Waals surface area contributed by atoms with Gasteiger partial charge in [0.15, 0.2) is 0 Å². The summed E-state index contributed by atoms with van der Waals surface area (Å²) in [6.07, 6.45) is 10.1. The second-order valence-electron chi connectivity index (χ2n) is 3.77. The van der Waals surface area contributed by atoms with Gasteiger partial charge in [-0.15, -0.1) is 0 Å². The van der Waals surface area contributed by atoms with Gasteiger partial charge in [-0.2, -0.15) is 0 Å². The topological polar surface area (TPSA) is 15.8 Å². The number of allylic oxidation sites excluding steroid dienone is 3. The summed E-state index contributed by atoms with van der Waals surface area (Å²) in [5.74, 6) is 0. The molecule has 0 unspecified atom stereocenters. The van der Waals surface area contributed by atoms with Gasteiger partial charge in [0.1, 0.15) is 0 Å². The zero-order chi connectivity index (χ0) is 9.97. The summed E-state index contributed by atoms with van der Waals surface area (Å²) in [6.45, 7) is 4.39. The van der Waals surface area contributed by atoms with Gasteiger partial charge < -0.3 is 4.98 Å². The molecule has 74 valence electrons. The number of fused-ring (bicyclic) bond motifs is 1. The molecule has 1 heteroatoms. The maximum atomic E-state index is 3.46. The molecule has 0 saturated carbocycles. The lowest BCUT2D eigenvalue weighted by atomic mass is 10.1. The normalized spacial score (nSPS) is 16.6. The Kier molecular flexibility index (Phi) is 2.58. The van der Waals surface area contributed by atoms with Crippen molar-refractivity contribution in [2.75, 3.05) is 0 Å². The van der Waals surface area contributed by atoms with E-state index in [1.165, 1.54) is 28.9 Å². The summed E-state index contributed by atoms with van der Waals surface area (Å²) in [4.78, 5) is 3.46. The molecule has 1 nitrogen and oxygen atoms in total. The van der Waals surface area contributed by atoms with Crippen LogP contribution in [0.3, 0.4) is 0 Å². The molecule has 0 fully saturated rings. The van der Waals surface area contributed by atoms with E-state index in [9.17, 15) is 0 Å². The molecule has 1 aromatic heterocycles. The number of rotatable bonds is 3. The maximum absolute atomic E-state index is 3.46. The minimum atomic E-state index is 1.10. The first kappa shape index (κ1) is 9.32. The molecule has 1 aromatic rings. The van der Waals surface area contributed by atoms with Crippen molar-refractivity contribution in [2.45, 2.75) is 33.1 Å². The van der Waals surface area contributed by atoms with Crippen LogP contribution in [0.1, 0.15) is 43.6 Å². The summed E-state index contributed by atoms with van der Waals surface area (Å²) >= 11 is 0. The van der Waals surface area contributed by atoms with Crippen molar-refractivity contribution in [1.82, 2.24) is 4.98 Å². The minimum absolute atomic E-state index is 1.10. The minimum Gasteiger partial charge on any atom is -0.358 e. The second-order valence-corrected chi connectivity index (χ2v) is 3.77. The molecule has 0 spiro atoms. The molecule has 0 aliphatic heterocycles. The molecule has 0 amide bonds. The van der Waals surface area contributed by atoms with Gasteiger partial charge in [0, 0.05) is 17.0 Å². The largest absolute Gasteiger partial charge is 0.358 e. The van der Waals surface area contributed by atoms with Crippen molar-refractivity contribution in [3.05, 3.63) is 35.2 Å². The molecule has 14 heavy (non-hydrogen) atoms. The summed E-state index contributed by atoms with van der Waals surface area (Å²) in [5.41, 5.74) is 5.41. The van der Waals surface area contributed by atoms with Crippen molar-refractivity contribution in [3.8, 4) is 0 Å². The molecule has 1 N–H and O–H groups in total. The highest BCUT2D eigenvalue weighted by Crippen LogP contribution is 2.30. The summed E-state index contributed by atoms with van der Waals surface area (Å²) < 4.78 is 0. The van der Waals surface area contributed by atoms with Crippen LogP contribution in [-0.4, -0.2) is 4.98 Å². The van der Waals surface area contributed by atoms with Crippen LogP contribution in [0.15, 0.2) is 18.2 Å². The van der Waals surface area contributed by atoms with E-state index in [0.29, 0.717) is 0 Å². The van der Waals surface area contributed by atoms with Gasteiger partial charge in [-0.05, 0) is 30.6 Å². The van der Waals surface area contributed by atoms with Crippen molar-refractivity contribution >= 4 is 11.6 Å². The van der Waals surface area contributed by atoms with Gasteiger partial charge in [0.05, 0.1) is 0 Å². The molecule has 1 heterocycles. The molecule has 0 saturated heterocycles. The molecule has 1 aliphatic rings. The molecular weight excluding hydrogens is 170 g/mol. The van der Waals surface area contributed by atoms with Crippen molar-refractivity contribution < 1.29 is 0 Å². The lowest BCUT2D eigenvalue weighted by Crippen LogP contribution is -1.81. The van der Waals surface area contributed by atoms with Gasteiger partial charge >= 0.3 is 0 Å².